The summed E-state index contributed by atoms with van der Waals surface area (Å²) < 4.78 is 43.4. The van der Waals surface area contributed by atoms with E-state index in [0.717, 1.165) is 12.1 Å². The summed E-state index contributed by atoms with van der Waals surface area (Å²) in [6.07, 6.45) is -4.43. The molecule has 0 saturated carbocycles. The third-order valence-corrected chi connectivity index (χ3v) is 4.45. The van der Waals surface area contributed by atoms with Crippen LogP contribution in [0, 0.1) is 0 Å². The van der Waals surface area contributed by atoms with Gasteiger partial charge in [-0.05, 0) is 25.1 Å². The van der Waals surface area contributed by atoms with Crippen LogP contribution in [0.4, 0.5) is 18.9 Å². The van der Waals surface area contributed by atoms with Gasteiger partial charge in [-0.15, -0.1) is 0 Å². The topological polar surface area (TPSA) is 70.1 Å². The fourth-order valence-electron chi connectivity index (χ4n) is 3.07. The Hall–Kier alpha value is -2.29. The molecule has 1 aliphatic heterocycles. The predicted octanol–water partition coefficient (Wildman–Crippen LogP) is 1.67. The molecule has 1 aromatic carbocycles. The monoisotopic (exact) mass is 374 g/mol. The van der Waals surface area contributed by atoms with Gasteiger partial charge in [0, 0.05) is 31.8 Å². The molecular weight excluding hydrogens is 353 g/mol. The molecule has 1 aliphatic rings. The van der Waals surface area contributed by atoms with Gasteiger partial charge in [-0.2, -0.15) is 13.2 Å². The summed E-state index contributed by atoms with van der Waals surface area (Å²) in [5, 5.41) is 9.14. The number of anilines is 1. The minimum Gasteiger partial charge on any atom is -0.467 e. The van der Waals surface area contributed by atoms with Gasteiger partial charge in [0.05, 0.1) is 12.7 Å². The molecule has 1 aromatic rings. The molecular formula is C17H21F3N2O4. The van der Waals surface area contributed by atoms with Gasteiger partial charge in [-0.3, -0.25) is 4.79 Å². The Balaban J connectivity index is 2.23. The number of aliphatic hydroxyl groups excluding tert-OH is 1. The molecule has 1 N–H and O–H groups in total. The third-order valence-electron chi connectivity index (χ3n) is 4.45. The van der Waals surface area contributed by atoms with E-state index in [4.69, 9.17) is 5.11 Å². The van der Waals surface area contributed by atoms with Gasteiger partial charge in [-0.1, -0.05) is 6.07 Å². The second-order valence-electron chi connectivity index (χ2n) is 6.00. The van der Waals surface area contributed by atoms with Crippen LogP contribution in [0.2, 0.25) is 0 Å². The number of aliphatic hydroxyl groups is 1. The lowest BCUT2D eigenvalue weighted by Crippen LogP contribution is -2.60. The number of hydrogen-bond acceptors (Lipinski definition) is 5. The molecule has 26 heavy (non-hydrogen) atoms. The van der Waals surface area contributed by atoms with Gasteiger partial charge in [0.15, 0.2) is 0 Å². The number of carbonyl (C=O) groups is 2. The van der Waals surface area contributed by atoms with Crippen LogP contribution in [0.1, 0.15) is 18.9 Å². The van der Waals surface area contributed by atoms with Gasteiger partial charge in [0.25, 0.3) is 0 Å². The van der Waals surface area contributed by atoms with Crippen LogP contribution < -0.4 is 4.90 Å². The number of amides is 1. The van der Waals surface area contributed by atoms with Crippen molar-refractivity contribution in [1.29, 1.82) is 0 Å². The number of methoxy groups -OCH3 is 1. The number of nitrogens with zero attached hydrogens (tertiary/aromatic N) is 2. The van der Waals surface area contributed by atoms with Crippen molar-refractivity contribution in [3.05, 3.63) is 29.8 Å². The van der Waals surface area contributed by atoms with E-state index in [9.17, 15) is 22.8 Å². The Morgan fingerprint density at radius 2 is 2.08 bits per heavy atom. The van der Waals surface area contributed by atoms with E-state index >= 15 is 0 Å². The number of benzene rings is 1. The number of esters is 1. The molecule has 6 nitrogen and oxygen atoms in total. The van der Waals surface area contributed by atoms with Crippen LogP contribution in [0.25, 0.3) is 0 Å². The smallest absolute Gasteiger partial charge is 0.416 e. The van der Waals surface area contributed by atoms with E-state index < -0.39 is 35.7 Å². The molecule has 2 rings (SSSR count). The highest BCUT2D eigenvalue weighted by Crippen LogP contribution is 2.33. The quantitative estimate of drug-likeness (QED) is 0.794. The first-order valence-corrected chi connectivity index (χ1v) is 8.13. The Morgan fingerprint density at radius 3 is 2.65 bits per heavy atom. The van der Waals surface area contributed by atoms with Crippen molar-refractivity contribution < 1.29 is 32.6 Å². The van der Waals surface area contributed by atoms with Crippen LogP contribution in [-0.4, -0.2) is 60.8 Å². The number of piperazine rings is 1. The first-order chi connectivity index (χ1) is 12.2. The number of hydrogen-bond donors (Lipinski definition) is 1. The minimum atomic E-state index is -4.47. The SMILES string of the molecule is COC(=O)C(CCO)N1CCN(c2cccc(C(F)(F)F)c2)C(C)C1=O. The van der Waals surface area contributed by atoms with Crippen LogP contribution in [0.3, 0.4) is 0 Å². The lowest BCUT2D eigenvalue weighted by atomic mass is 10.1. The predicted molar refractivity (Wildman–Crippen MR) is 87.5 cm³/mol. The second kappa shape index (κ2) is 7.94. The second-order valence-corrected chi connectivity index (χ2v) is 6.00. The van der Waals surface area contributed by atoms with E-state index in [0.29, 0.717) is 0 Å². The van der Waals surface area contributed by atoms with Crippen LogP contribution >= 0.6 is 0 Å². The van der Waals surface area contributed by atoms with Crippen LogP contribution in [0.15, 0.2) is 24.3 Å². The molecule has 0 radical (unpaired) electrons. The molecule has 0 bridgehead atoms. The number of rotatable bonds is 5. The zero-order chi connectivity index (χ0) is 19.5. The van der Waals surface area contributed by atoms with E-state index in [2.05, 4.69) is 4.74 Å². The summed E-state index contributed by atoms with van der Waals surface area (Å²) in [4.78, 5) is 27.5. The first kappa shape index (κ1) is 20.0. The molecule has 0 aliphatic carbocycles. The Bertz CT molecular complexity index is 666. The Labute approximate surface area is 149 Å². The van der Waals surface area contributed by atoms with E-state index in [1.54, 1.807) is 11.8 Å². The van der Waals surface area contributed by atoms with Gasteiger partial charge >= 0.3 is 12.1 Å². The lowest BCUT2D eigenvalue weighted by molar-refractivity contribution is -0.154. The summed E-state index contributed by atoms with van der Waals surface area (Å²) in [6, 6.07) is 3.12. The van der Waals surface area contributed by atoms with Gasteiger partial charge in [0.2, 0.25) is 5.91 Å². The van der Waals surface area contributed by atoms with E-state index in [1.165, 1.54) is 24.1 Å². The average Bonchev–Trinajstić information content (AvgIpc) is 2.61. The maximum atomic E-state index is 12.9. The standard InChI is InChI=1S/C17H21F3N2O4/c1-11-15(24)22(14(6-9-23)16(25)26-2)8-7-21(11)13-5-3-4-12(10-13)17(18,19)20/h3-5,10-11,14,23H,6-9H2,1-2H3. The highest BCUT2D eigenvalue weighted by atomic mass is 19.4. The van der Waals surface area contributed by atoms with Gasteiger partial charge in [0.1, 0.15) is 12.1 Å². The van der Waals surface area contributed by atoms with Crippen LogP contribution in [-0.2, 0) is 20.5 Å². The van der Waals surface area contributed by atoms with Gasteiger partial charge < -0.3 is 19.6 Å². The summed E-state index contributed by atoms with van der Waals surface area (Å²) in [5.74, 6) is -1.04. The van der Waals surface area contributed by atoms with E-state index in [-0.39, 0.29) is 31.8 Å². The molecule has 2 atom stereocenters. The van der Waals surface area contributed by atoms with Crippen molar-refractivity contribution in [3.63, 3.8) is 0 Å². The molecule has 1 heterocycles. The number of alkyl halides is 3. The lowest BCUT2D eigenvalue weighted by Gasteiger charge is -2.42. The van der Waals surface area contributed by atoms with Crippen molar-refractivity contribution in [2.24, 2.45) is 0 Å². The summed E-state index contributed by atoms with van der Waals surface area (Å²) in [7, 11) is 1.19. The molecule has 144 valence electrons. The molecule has 0 aromatic heterocycles. The molecule has 1 saturated heterocycles. The maximum Gasteiger partial charge on any atom is 0.416 e. The fourth-order valence-corrected chi connectivity index (χ4v) is 3.07. The normalized spacial score (nSPS) is 19.5. The number of carbonyl (C=O) groups excluding carboxylic acids is 2. The van der Waals surface area contributed by atoms with E-state index in [1.807, 2.05) is 0 Å². The molecule has 1 fully saturated rings. The Kier molecular flexibility index (Phi) is 6.12. The number of ether oxygens (including phenoxy) is 1. The minimum absolute atomic E-state index is 0.0364. The first-order valence-electron chi connectivity index (χ1n) is 8.13. The van der Waals surface area contributed by atoms with Crippen LogP contribution in [0.5, 0.6) is 0 Å². The molecule has 9 heteroatoms. The zero-order valence-corrected chi connectivity index (χ0v) is 14.5. The molecule has 0 spiro atoms. The highest BCUT2D eigenvalue weighted by molar-refractivity contribution is 5.90. The average molecular weight is 374 g/mol. The van der Waals surface area contributed by atoms with Crippen molar-refractivity contribution in [2.45, 2.75) is 31.6 Å². The van der Waals surface area contributed by atoms with Gasteiger partial charge in [-0.25, -0.2) is 4.79 Å². The van der Waals surface area contributed by atoms with Crippen molar-refractivity contribution in [1.82, 2.24) is 4.90 Å². The van der Waals surface area contributed by atoms with Crippen molar-refractivity contribution in [2.75, 3.05) is 31.7 Å². The fraction of sp³-hybridized carbons (Fsp3) is 0.529. The largest absolute Gasteiger partial charge is 0.467 e. The Morgan fingerprint density at radius 1 is 1.38 bits per heavy atom. The summed E-state index contributed by atoms with van der Waals surface area (Å²) in [5.41, 5.74) is -0.498. The van der Waals surface area contributed by atoms with Crippen molar-refractivity contribution in [3.8, 4) is 0 Å². The summed E-state index contributed by atoms with van der Waals surface area (Å²) in [6.45, 7) is 1.67. The highest BCUT2D eigenvalue weighted by Gasteiger charge is 2.39. The zero-order valence-electron chi connectivity index (χ0n) is 14.5. The number of halogens is 3. The third kappa shape index (κ3) is 4.09. The van der Waals surface area contributed by atoms with Crippen molar-refractivity contribution >= 4 is 17.6 Å². The molecule has 2 unspecified atom stereocenters. The summed E-state index contributed by atoms with van der Waals surface area (Å²) >= 11 is 0. The molecule has 1 amide bonds. The maximum absolute atomic E-state index is 12.9.